The van der Waals surface area contributed by atoms with Gasteiger partial charge < -0.3 is 22.0 Å². The zero-order chi connectivity index (χ0) is 15.1. The van der Waals surface area contributed by atoms with Crippen molar-refractivity contribution in [2.45, 2.75) is 32.2 Å². The molecule has 0 unspecified atom stereocenters. The Balaban J connectivity index is 0.00000220. The molecule has 1 amide bonds. The Morgan fingerprint density at radius 1 is 1.33 bits per heavy atom. The first-order valence-corrected chi connectivity index (χ1v) is 6.96. The van der Waals surface area contributed by atoms with Crippen molar-refractivity contribution in [2.24, 2.45) is 0 Å². The summed E-state index contributed by atoms with van der Waals surface area (Å²) in [5.41, 5.74) is 2.73. The Bertz CT molecular complexity index is 589. The minimum Gasteiger partial charge on any atom is -0.494 e. The molecule has 0 saturated heterocycles. The molecule has 0 spiro atoms. The normalized spacial score (nSPS) is 15.6. The second-order valence-electron chi connectivity index (χ2n) is 5.93. The van der Waals surface area contributed by atoms with Crippen LogP contribution >= 0.6 is 0 Å². The predicted molar refractivity (Wildman–Crippen MR) is 80.7 cm³/mol. The molecule has 0 atom stereocenters. The summed E-state index contributed by atoms with van der Waals surface area (Å²) >= 11 is 5.41. The number of carbonyl (C=O) groups excluding carboxylic acids is 1. The fraction of sp³-hybridized carbons (Fsp3) is 0.467. The van der Waals surface area contributed by atoms with E-state index in [-0.39, 0.29) is 42.5 Å². The third kappa shape index (κ3) is 3.51. The van der Waals surface area contributed by atoms with Crippen molar-refractivity contribution in [1.29, 1.82) is 5.26 Å². The van der Waals surface area contributed by atoms with Crippen LogP contribution in [0.1, 0.15) is 29.5 Å². The van der Waals surface area contributed by atoms with Crippen LogP contribution in [0.5, 0.6) is 0 Å². The number of hydrogen-bond acceptors (Lipinski definition) is 3. The maximum Gasteiger partial charge on any atom is 0.284 e. The number of amides is 1. The molecule has 1 aromatic carbocycles. The fourth-order valence-electron chi connectivity index (χ4n) is 2.58. The number of rotatable bonds is 3. The Morgan fingerprint density at radius 3 is 2.14 bits per heavy atom. The maximum atomic E-state index is 12.5. The number of nitrogens with zero attached hydrogens (tertiary/aromatic N) is 2. The molecule has 1 aromatic rings. The van der Waals surface area contributed by atoms with Gasteiger partial charge in [0.2, 0.25) is 0 Å². The van der Waals surface area contributed by atoms with Crippen LogP contribution in [0.25, 0.3) is 0 Å². The quantitative estimate of drug-likeness (QED) is 0.648. The van der Waals surface area contributed by atoms with E-state index in [1.165, 1.54) is 0 Å². The van der Waals surface area contributed by atoms with Crippen LogP contribution in [0.4, 0.5) is 5.69 Å². The van der Waals surface area contributed by atoms with Gasteiger partial charge in [-0.2, -0.15) is 5.26 Å². The minimum atomic E-state index is -0.484. The van der Waals surface area contributed by atoms with Gasteiger partial charge in [-0.3, -0.25) is 4.79 Å². The van der Waals surface area contributed by atoms with Gasteiger partial charge >= 0.3 is 0 Å². The van der Waals surface area contributed by atoms with E-state index in [1.54, 1.807) is 12.1 Å². The van der Waals surface area contributed by atoms with E-state index in [1.807, 2.05) is 27.9 Å². The van der Waals surface area contributed by atoms with E-state index >= 15 is 0 Å². The van der Waals surface area contributed by atoms with Gasteiger partial charge in [0.25, 0.3) is 5.91 Å². The summed E-state index contributed by atoms with van der Waals surface area (Å²) in [5, 5.41) is 12.0. The summed E-state index contributed by atoms with van der Waals surface area (Å²) < 4.78 is 0.229. The number of aryl methyl sites for hydroxylation is 2. The van der Waals surface area contributed by atoms with Gasteiger partial charge in [0.15, 0.2) is 5.54 Å². The smallest absolute Gasteiger partial charge is 0.284 e. The standard InChI is InChI=1S/C15H19N3OS.Y/c1-10-7-12(9-16)8-11(2)13(10)17-14(19)15(5-6-15)18(3,4)20;/h7-8H,5-6H2,1-4H3,(H,17,19);. The number of anilines is 1. The van der Waals surface area contributed by atoms with Crippen molar-refractivity contribution in [1.82, 2.24) is 0 Å². The van der Waals surface area contributed by atoms with Crippen LogP contribution in [0.3, 0.4) is 0 Å². The van der Waals surface area contributed by atoms with E-state index in [9.17, 15) is 4.79 Å². The molecule has 0 aliphatic heterocycles. The topological polar surface area (TPSA) is 52.9 Å². The van der Waals surface area contributed by atoms with Gasteiger partial charge in [-0.15, -0.1) is 0 Å². The Morgan fingerprint density at radius 2 is 1.81 bits per heavy atom. The molecule has 1 saturated carbocycles. The van der Waals surface area contributed by atoms with Crippen molar-refractivity contribution < 1.29 is 41.4 Å². The number of likely N-dealkylation sites (N-methyl/N-ethyl adjacent to an activating group) is 1. The van der Waals surface area contributed by atoms with Crippen LogP contribution in [0, 0.1) is 25.2 Å². The molecule has 0 heterocycles. The molecule has 0 aromatic heterocycles. The van der Waals surface area contributed by atoms with E-state index < -0.39 is 5.54 Å². The molecule has 1 N–H and O–H groups in total. The van der Waals surface area contributed by atoms with Gasteiger partial charge in [0, 0.05) is 51.2 Å². The van der Waals surface area contributed by atoms with Crippen molar-refractivity contribution >= 4 is 24.4 Å². The molecule has 0 bridgehead atoms. The van der Waals surface area contributed by atoms with Crippen LogP contribution < -0.4 is 5.32 Å². The summed E-state index contributed by atoms with van der Waals surface area (Å²) in [6, 6.07) is 5.70. The summed E-state index contributed by atoms with van der Waals surface area (Å²) in [7, 11) is 3.75. The monoisotopic (exact) mass is 378 g/mol. The third-order valence-electron chi connectivity index (χ3n) is 4.08. The van der Waals surface area contributed by atoms with Crippen molar-refractivity contribution in [3.05, 3.63) is 28.8 Å². The molecule has 2 rings (SSSR count). The van der Waals surface area contributed by atoms with Crippen LogP contribution in [-0.4, -0.2) is 29.4 Å². The molecule has 1 aliphatic rings. The summed E-state index contributed by atoms with van der Waals surface area (Å²) in [6.45, 7) is 3.80. The number of carbonyl (C=O) groups is 1. The number of quaternary nitrogens is 1. The Hall–Kier alpha value is -0.406. The first-order chi connectivity index (χ1) is 9.21. The molecular formula is C15H19N3OSY. The van der Waals surface area contributed by atoms with Gasteiger partial charge in [-0.25, -0.2) is 0 Å². The predicted octanol–water partition coefficient (Wildman–Crippen LogP) is 2.18. The number of benzene rings is 1. The van der Waals surface area contributed by atoms with Gasteiger partial charge in [0.05, 0.1) is 25.7 Å². The Labute approximate surface area is 156 Å². The average Bonchev–Trinajstić information content (AvgIpc) is 3.13. The molecule has 1 fully saturated rings. The van der Waals surface area contributed by atoms with Crippen LogP contribution in [0.2, 0.25) is 0 Å². The van der Waals surface area contributed by atoms with Crippen molar-refractivity contribution in [3.63, 3.8) is 0 Å². The zero-order valence-corrected chi connectivity index (χ0v) is 16.5. The third-order valence-corrected chi connectivity index (χ3v) is 4.43. The molecule has 1 aliphatic carbocycles. The fourth-order valence-corrected chi connectivity index (χ4v) is 2.85. The maximum absolute atomic E-state index is 12.5. The van der Waals surface area contributed by atoms with Gasteiger partial charge in [-0.1, -0.05) is 0 Å². The first kappa shape index (κ1) is 18.6. The second-order valence-corrected chi connectivity index (χ2v) is 6.85. The SMILES string of the molecule is Cc1cc(C#N)cc(C)c1NC(=O)C1([N+](C)(C)[S-])CC1.[Y]. The number of nitrogens with one attached hydrogen (secondary N) is 1. The van der Waals surface area contributed by atoms with Crippen molar-refractivity contribution in [2.75, 3.05) is 19.4 Å². The summed E-state index contributed by atoms with van der Waals surface area (Å²) in [4.78, 5) is 12.5. The van der Waals surface area contributed by atoms with Gasteiger partial charge in [0.1, 0.15) is 0 Å². The van der Waals surface area contributed by atoms with E-state index in [4.69, 9.17) is 18.1 Å². The summed E-state index contributed by atoms with van der Waals surface area (Å²) in [5.74, 6) is -0.0200. The van der Waals surface area contributed by atoms with E-state index in [0.717, 1.165) is 29.7 Å². The molecule has 6 heteroatoms. The van der Waals surface area contributed by atoms with Crippen LogP contribution in [-0.2, 0) is 50.3 Å². The van der Waals surface area contributed by atoms with Crippen molar-refractivity contribution in [3.8, 4) is 6.07 Å². The van der Waals surface area contributed by atoms with E-state index in [2.05, 4.69) is 11.4 Å². The van der Waals surface area contributed by atoms with E-state index in [0.29, 0.717) is 5.56 Å². The second kappa shape index (κ2) is 6.38. The summed E-state index contributed by atoms with van der Waals surface area (Å²) in [6.07, 6.45) is 1.65. The molecule has 21 heavy (non-hydrogen) atoms. The minimum absolute atomic E-state index is 0. The molecule has 4 nitrogen and oxygen atoms in total. The number of hydrogen-bond donors (Lipinski definition) is 1. The number of nitriles is 1. The van der Waals surface area contributed by atoms with Crippen LogP contribution in [0.15, 0.2) is 12.1 Å². The first-order valence-electron chi connectivity index (χ1n) is 6.59. The average molecular weight is 378 g/mol. The largest absolute Gasteiger partial charge is 0.494 e. The Kier molecular flexibility index (Phi) is 5.66. The molecule has 109 valence electrons. The molecule has 1 radical (unpaired) electrons. The van der Waals surface area contributed by atoms with Gasteiger partial charge in [-0.05, 0) is 37.1 Å². The molecular weight excluding hydrogens is 359 g/mol. The zero-order valence-electron chi connectivity index (χ0n) is 12.9.